The Morgan fingerprint density at radius 2 is 2.35 bits per heavy atom. The first kappa shape index (κ1) is 13.9. The SMILES string of the molecule is C=CCCCC(NCCC)c1ncccc1C. The van der Waals surface area contributed by atoms with Crippen LogP contribution in [0, 0.1) is 6.92 Å². The maximum atomic E-state index is 4.52. The second kappa shape index (κ2) is 8.02. The van der Waals surface area contributed by atoms with Gasteiger partial charge in [-0.05, 0) is 50.8 Å². The molecule has 1 unspecified atom stereocenters. The molecule has 0 aromatic carbocycles. The van der Waals surface area contributed by atoms with Crippen molar-refractivity contribution in [3.05, 3.63) is 42.2 Å². The van der Waals surface area contributed by atoms with Crippen LogP contribution in [0.5, 0.6) is 0 Å². The zero-order valence-corrected chi connectivity index (χ0v) is 11.1. The van der Waals surface area contributed by atoms with E-state index in [4.69, 9.17) is 0 Å². The third kappa shape index (κ3) is 4.70. The van der Waals surface area contributed by atoms with E-state index in [9.17, 15) is 0 Å². The summed E-state index contributed by atoms with van der Waals surface area (Å²) in [7, 11) is 0. The second-order valence-corrected chi connectivity index (χ2v) is 4.43. The van der Waals surface area contributed by atoms with Crippen molar-refractivity contribution in [3.8, 4) is 0 Å². The Labute approximate surface area is 105 Å². The smallest absolute Gasteiger partial charge is 0.0602 e. The Bertz CT molecular complexity index is 333. The first-order chi connectivity index (χ1) is 8.29. The van der Waals surface area contributed by atoms with Gasteiger partial charge in [0, 0.05) is 12.2 Å². The normalized spacial score (nSPS) is 12.4. The highest BCUT2D eigenvalue weighted by atomic mass is 14.9. The van der Waals surface area contributed by atoms with Crippen molar-refractivity contribution in [3.63, 3.8) is 0 Å². The van der Waals surface area contributed by atoms with Crippen LogP contribution in [0.3, 0.4) is 0 Å². The molecule has 0 bridgehead atoms. The summed E-state index contributed by atoms with van der Waals surface area (Å²) >= 11 is 0. The highest BCUT2D eigenvalue weighted by Crippen LogP contribution is 2.20. The summed E-state index contributed by atoms with van der Waals surface area (Å²) in [5.41, 5.74) is 2.48. The zero-order chi connectivity index (χ0) is 12.5. The molecule has 1 heterocycles. The van der Waals surface area contributed by atoms with Crippen molar-refractivity contribution in [2.24, 2.45) is 0 Å². The molecule has 0 radical (unpaired) electrons. The van der Waals surface area contributed by atoms with E-state index in [-0.39, 0.29) is 0 Å². The molecule has 1 N–H and O–H groups in total. The number of nitrogens with zero attached hydrogens (tertiary/aromatic N) is 1. The minimum Gasteiger partial charge on any atom is -0.309 e. The molecule has 0 spiro atoms. The van der Waals surface area contributed by atoms with Gasteiger partial charge in [-0.2, -0.15) is 0 Å². The fourth-order valence-electron chi connectivity index (χ4n) is 1.98. The van der Waals surface area contributed by atoms with Gasteiger partial charge >= 0.3 is 0 Å². The largest absolute Gasteiger partial charge is 0.309 e. The number of pyridine rings is 1. The van der Waals surface area contributed by atoms with Crippen LogP contribution in [0.1, 0.15) is 49.9 Å². The van der Waals surface area contributed by atoms with Crippen molar-refractivity contribution in [2.75, 3.05) is 6.54 Å². The highest BCUT2D eigenvalue weighted by molar-refractivity contribution is 5.21. The molecule has 94 valence electrons. The van der Waals surface area contributed by atoms with Crippen molar-refractivity contribution in [1.82, 2.24) is 10.3 Å². The summed E-state index contributed by atoms with van der Waals surface area (Å²) < 4.78 is 0. The van der Waals surface area contributed by atoms with Gasteiger partial charge < -0.3 is 5.32 Å². The molecule has 2 heteroatoms. The van der Waals surface area contributed by atoms with Gasteiger partial charge in [-0.3, -0.25) is 4.98 Å². The predicted octanol–water partition coefficient (Wildman–Crippen LogP) is 3.79. The Hall–Kier alpha value is -1.15. The molecule has 0 aliphatic heterocycles. The van der Waals surface area contributed by atoms with Crippen molar-refractivity contribution in [1.29, 1.82) is 0 Å². The molecular formula is C15H24N2. The van der Waals surface area contributed by atoms with Crippen LogP contribution in [0.15, 0.2) is 31.0 Å². The third-order valence-corrected chi connectivity index (χ3v) is 2.92. The van der Waals surface area contributed by atoms with E-state index < -0.39 is 0 Å². The topological polar surface area (TPSA) is 24.9 Å². The number of nitrogens with one attached hydrogen (secondary N) is 1. The molecule has 0 saturated carbocycles. The van der Waals surface area contributed by atoms with Gasteiger partial charge in [0.15, 0.2) is 0 Å². The Morgan fingerprint density at radius 1 is 1.53 bits per heavy atom. The average molecular weight is 232 g/mol. The molecule has 17 heavy (non-hydrogen) atoms. The minimum atomic E-state index is 0.385. The number of aryl methyl sites for hydroxylation is 1. The number of hydrogen-bond donors (Lipinski definition) is 1. The van der Waals surface area contributed by atoms with Crippen LogP contribution in [-0.4, -0.2) is 11.5 Å². The summed E-state index contributed by atoms with van der Waals surface area (Å²) in [6, 6.07) is 4.52. The number of hydrogen-bond acceptors (Lipinski definition) is 2. The van der Waals surface area contributed by atoms with Gasteiger partial charge in [0.1, 0.15) is 0 Å². The summed E-state index contributed by atoms with van der Waals surface area (Å²) in [6.07, 6.45) is 8.41. The molecule has 0 fully saturated rings. The van der Waals surface area contributed by atoms with Crippen LogP contribution in [-0.2, 0) is 0 Å². The van der Waals surface area contributed by atoms with Crippen LogP contribution >= 0.6 is 0 Å². The fraction of sp³-hybridized carbons (Fsp3) is 0.533. The molecule has 1 rings (SSSR count). The lowest BCUT2D eigenvalue weighted by Gasteiger charge is -2.19. The standard InChI is InChI=1S/C15H24N2/c1-4-6-7-10-14(16-11-5-2)15-13(3)9-8-12-17-15/h4,8-9,12,14,16H,1,5-7,10-11H2,2-3H3. The van der Waals surface area contributed by atoms with E-state index in [0.29, 0.717) is 6.04 Å². The quantitative estimate of drug-likeness (QED) is 0.545. The lowest BCUT2D eigenvalue weighted by atomic mass is 10.0. The molecule has 1 atom stereocenters. The van der Waals surface area contributed by atoms with Crippen molar-refractivity contribution in [2.45, 2.75) is 45.6 Å². The van der Waals surface area contributed by atoms with E-state index in [1.807, 2.05) is 18.3 Å². The lowest BCUT2D eigenvalue weighted by Crippen LogP contribution is -2.23. The first-order valence-electron chi connectivity index (χ1n) is 6.55. The van der Waals surface area contributed by atoms with Crippen molar-refractivity contribution >= 4 is 0 Å². The number of allylic oxidation sites excluding steroid dienone is 1. The second-order valence-electron chi connectivity index (χ2n) is 4.43. The fourth-order valence-corrected chi connectivity index (χ4v) is 1.98. The monoisotopic (exact) mass is 232 g/mol. The van der Waals surface area contributed by atoms with Gasteiger partial charge in [-0.25, -0.2) is 0 Å². The molecule has 2 nitrogen and oxygen atoms in total. The molecule has 0 amide bonds. The van der Waals surface area contributed by atoms with Gasteiger partial charge in [-0.1, -0.05) is 19.1 Å². The van der Waals surface area contributed by atoms with E-state index in [2.05, 4.69) is 36.8 Å². The first-order valence-corrected chi connectivity index (χ1v) is 6.55. The van der Waals surface area contributed by atoms with E-state index in [1.54, 1.807) is 0 Å². The van der Waals surface area contributed by atoms with Gasteiger partial charge in [0.05, 0.1) is 5.69 Å². The molecule has 1 aromatic heterocycles. The third-order valence-electron chi connectivity index (χ3n) is 2.92. The molecule has 0 aliphatic carbocycles. The summed E-state index contributed by atoms with van der Waals surface area (Å²) in [6.45, 7) is 9.15. The Kier molecular flexibility index (Phi) is 6.56. The molecular weight excluding hydrogens is 208 g/mol. The minimum absolute atomic E-state index is 0.385. The zero-order valence-electron chi connectivity index (χ0n) is 11.1. The van der Waals surface area contributed by atoms with Crippen LogP contribution in [0.4, 0.5) is 0 Å². The number of unbranched alkanes of at least 4 members (excludes halogenated alkanes) is 1. The van der Waals surface area contributed by atoms with Gasteiger partial charge in [0.25, 0.3) is 0 Å². The van der Waals surface area contributed by atoms with E-state index >= 15 is 0 Å². The predicted molar refractivity (Wildman–Crippen MR) is 74.1 cm³/mol. The average Bonchev–Trinajstić information content (AvgIpc) is 2.35. The van der Waals surface area contributed by atoms with E-state index in [0.717, 1.165) is 25.8 Å². The maximum Gasteiger partial charge on any atom is 0.0602 e. The van der Waals surface area contributed by atoms with Crippen LogP contribution in [0.25, 0.3) is 0 Å². The summed E-state index contributed by atoms with van der Waals surface area (Å²) in [5.74, 6) is 0. The van der Waals surface area contributed by atoms with Crippen molar-refractivity contribution < 1.29 is 0 Å². The molecule has 0 aliphatic rings. The van der Waals surface area contributed by atoms with E-state index in [1.165, 1.54) is 17.7 Å². The summed E-state index contributed by atoms with van der Waals surface area (Å²) in [5, 5.41) is 3.59. The Morgan fingerprint density at radius 3 is 3.00 bits per heavy atom. The number of rotatable bonds is 8. The lowest BCUT2D eigenvalue weighted by molar-refractivity contribution is 0.474. The number of aromatic nitrogens is 1. The molecule has 0 saturated heterocycles. The maximum absolute atomic E-state index is 4.52. The summed E-state index contributed by atoms with van der Waals surface area (Å²) in [4.78, 5) is 4.52. The van der Waals surface area contributed by atoms with Crippen LogP contribution in [0.2, 0.25) is 0 Å². The van der Waals surface area contributed by atoms with Crippen LogP contribution < -0.4 is 5.32 Å². The highest BCUT2D eigenvalue weighted by Gasteiger charge is 2.13. The van der Waals surface area contributed by atoms with Gasteiger partial charge in [0.2, 0.25) is 0 Å². The van der Waals surface area contributed by atoms with Gasteiger partial charge in [-0.15, -0.1) is 6.58 Å². The Balaban J connectivity index is 2.67. The molecule has 1 aromatic rings.